The molecule has 0 aromatic heterocycles. The van der Waals surface area contributed by atoms with E-state index >= 15 is 0 Å². The molecule has 1 aromatic carbocycles. The fourth-order valence-electron chi connectivity index (χ4n) is 3.83. The summed E-state index contributed by atoms with van der Waals surface area (Å²) < 4.78 is 4.84. The molecule has 0 aliphatic carbocycles. The highest BCUT2D eigenvalue weighted by atomic mass is 16.5. The first-order chi connectivity index (χ1) is 12.2. The molecule has 136 valence electrons. The van der Waals surface area contributed by atoms with Crippen LogP contribution in [-0.4, -0.2) is 55.0 Å². The number of hydrogen-bond acceptors (Lipinski definition) is 4. The Balaban J connectivity index is 1.57. The van der Waals surface area contributed by atoms with Gasteiger partial charge in [-0.1, -0.05) is 12.1 Å². The lowest BCUT2D eigenvalue weighted by molar-refractivity contribution is -0.147. The van der Waals surface area contributed by atoms with Gasteiger partial charge in [-0.25, -0.2) is 0 Å². The van der Waals surface area contributed by atoms with Crippen LogP contribution in [-0.2, 0) is 16.1 Å². The smallest absolute Gasteiger partial charge is 0.308 e. The van der Waals surface area contributed by atoms with Crippen LogP contribution in [0.5, 0.6) is 0 Å². The summed E-state index contributed by atoms with van der Waals surface area (Å²) in [6.07, 6.45) is 5.14. The van der Waals surface area contributed by atoms with Gasteiger partial charge in [-0.2, -0.15) is 0 Å². The fourth-order valence-corrected chi connectivity index (χ4v) is 3.83. The minimum absolute atomic E-state index is 0.0354. The van der Waals surface area contributed by atoms with Crippen molar-refractivity contribution in [1.82, 2.24) is 9.80 Å². The van der Waals surface area contributed by atoms with Crippen molar-refractivity contribution in [1.29, 1.82) is 0 Å². The van der Waals surface area contributed by atoms with Crippen molar-refractivity contribution in [3.63, 3.8) is 0 Å². The van der Waals surface area contributed by atoms with Crippen LogP contribution < -0.4 is 0 Å². The SMILES string of the molecule is COC(=O)C1CCN(Cc2cccc(C(=O)N3CCCCC3)c2)CC1. The van der Waals surface area contributed by atoms with Gasteiger partial charge in [0.2, 0.25) is 0 Å². The van der Waals surface area contributed by atoms with Gasteiger partial charge < -0.3 is 9.64 Å². The van der Waals surface area contributed by atoms with E-state index in [4.69, 9.17) is 4.74 Å². The molecule has 2 fully saturated rings. The van der Waals surface area contributed by atoms with Crippen molar-refractivity contribution in [2.75, 3.05) is 33.3 Å². The average Bonchev–Trinajstić information content (AvgIpc) is 2.68. The predicted molar refractivity (Wildman–Crippen MR) is 96.2 cm³/mol. The summed E-state index contributed by atoms with van der Waals surface area (Å²) in [5.74, 6) is 0.105. The molecule has 0 N–H and O–H groups in total. The van der Waals surface area contributed by atoms with Crippen LogP contribution in [0.25, 0.3) is 0 Å². The predicted octanol–water partition coefficient (Wildman–Crippen LogP) is 2.70. The van der Waals surface area contributed by atoms with Crippen molar-refractivity contribution in [2.45, 2.75) is 38.6 Å². The molecule has 0 bridgehead atoms. The van der Waals surface area contributed by atoms with E-state index in [1.54, 1.807) is 0 Å². The number of benzene rings is 1. The van der Waals surface area contributed by atoms with E-state index in [2.05, 4.69) is 11.0 Å². The standard InChI is InChI=1S/C20H28N2O3/c1-25-20(24)17-8-12-21(13-9-17)15-16-6-5-7-18(14-16)19(23)22-10-3-2-4-11-22/h5-7,14,17H,2-4,8-13,15H2,1H3. The van der Waals surface area contributed by atoms with E-state index in [1.807, 2.05) is 23.1 Å². The fraction of sp³-hybridized carbons (Fsp3) is 0.600. The summed E-state index contributed by atoms with van der Waals surface area (Å²) >= 11 is 0. The van der Waals surface area contributed by atoms with Gasteiger partial charge >= 0.3 is 5.97 Å². The summed E-state index contributed by atoms with van der Waals surface area (Å²) in [5, 5.41) is 0. The maximum atomic E-state index is 12.7. The Hall–Kier alpha value is -1.88. The topological polar surface area (TPSA) is 49.9 Å². The second-order valence-corrected chi connectivity index (χ2v) is 7.13. The van der Waals surface area contributed by atoms with Gasteiger partial charge in [-0.15, -0.1) is 0 Å². The number of piperidine rings is 2. The third kappa shape index (κ3) is 4.60. The summed E-state index contributed by atoms with van der Waals surface area (Å²) in [6.45, 7) is 4.37. The van der Waals surface area contributed by atoms with Crippen molar-refractivity contribution in [3.05, 3.63) is 35.4 Å². The van der Waals surface area contributed by atoms with Crippen LogP contribution in [0.2, 0.25) is 0 Å². The van der Waals surface area contributed by atoms with E-state index in [0.717, 1.165) is 64.0 Å². The number of hydrogen-bond donors (Lipinski definition) is 0. The van der Waals surface area contributed by atoms with Crippen LogP contribution in [0, 0.1) is 5.92 Å². The highest BCUT2D eigenvalue weighted by molar-refractivity contribution is 5.94. The maximum absolute atomic E-state index is 12.7. The number of methoxy groups -OCH3 is 1. The Labute approximate surface area is 149 Å². The molecule has 2 heterocycles. The molecule has 1 amide bonds. The van der Waals surface area contributed by atoms with Crippen LogP contribution in [0.15, 0.2) is 24.3 Å². The monoisotopic (exact) mass is 344 g/mol. The Morgan fingerprint density at radius 1 is 1.08 bits per heavy atom. The van der Waals surface area contributed by atoms with E-state index < -0.39 is 0 Å². The number of carbonyl (C=O) groups is 2. The molecule has 0 atom stereocenters. The van der Waals surface area contributed by atoms with Crippen LogP contribution in [0.1, 0.15) is 48.0 Å². The number of amides is 1. The Bertz CT molecular complexity index is 603. The molecule has 0 radical (unpaired) electrons. The molecule has 2 aliphatic rings. The molecule has 1 aromatic rings. The maximum Gasteiger partial charge on any atom is 0.308 e. The van der Waals surface area contributed by atoms with Crippen molar-refractivity contribution < 1.29 is 14.3 Å². The molecular weight excluding hydrogens is 316 g/mol. The lowest BCUT2D eigenvalue weighted by atomic mass is 9.96. The van der Waals surface area contributed by atoms with E-state index in [-0.39, 0.29) is 17.8 Å². The Kier molecular flexibility index (Phi) is 6.08. The first kappa shape index (κ1) is 17.9. The summed E-state index contributed by atoms with van der Waals surface area (Å²) in [4.78, 5) is 28.6. The molecule has 25 heavy (non-hydrogen) atoms. The van der Waals surface area contributed by atoms with Gasteiger partial charge in [-0.3, -0.25) is 14.5 Å². The van der Waals surface area contributed by atoms with E-state index in [0.29, 0.717) is 0 Å². The zero-order valence-electron chi connectivity index (χ0n) is 15.1. The molecule has 0 unspecified atom stereocenters. The molecule has 3 rings (SSSR count). The molecule has 5 nitrogen and oxygen atoms in total. The van der Waals surface area contributed by atoms with Gasteiger partial charge in [0.25, 0.3) is 5.91 Å². The summed E-state index contributed by atoms with van der Waals surface area (Å²) in [7, 11) is 1.46. The number of nitrogens with zero attached hydrogens (tertiary/aromatic N) is 2. The molecule has 0 saturated carbocycles. The van der Waals surface area contributed by atoms with Gasteiger partial charge in [0, 0.05) is 25.2 Å². The highest BCUT2D eigenvalue weighted by Crippen LogP contribution is 2.21. The zero-order chi connectivity index (χ0) is 17.6. The second kappa shape index (κ2) is 8.48. The number of ether oxygens (including phenoxy) is 1. The first-order valence-electron chi connectivity index (χ1n) is 9.36. The quantitative estimate of drug-likeness (QED) is 0.788. The molecule has 2 saturated heterocycles. The molecule has 5 heteroatoms. The van der Waals surface area contributed by atoms with E-state index in [9.17, 15) is 9.59 Å². The molecule has 2 aliphatic heterocycles. The third-order valence-corrected chi connectivity index (χ3v) is 5.35. The minimum atomic E-state index is -0.0891. The number of carbonyl (C=O) groups excluding carboxylic acids is 2. The van der Waals surface area contributed by atoms with Gasteiger partial charge in [0.05, 0.1) is 13.0 Å². The Morgan fingerprint density at radius 2 is 1.80 bits per heavy atom. The number of rotatable bonds is 4. The van der Waals surface area contributed by atoms with Gasteiger partial charge in [0.1, 0.15) is 0 Å². The average molecular weight is 344 g/mol. The molecular formula is C20H28N2O3. The molecule has 0 spiro atoms. The van der Waals surface area contributed by atoms with Crippen molar-refractivity contribution >= 4 is 11.9 Å². The van der Waals surface area contributed by atoms with Crippen LogP contribution in [0.3, 0.4) is 0 Å². The van der Waals surface area contributed by atoms with Crippen LogP contribution >= 0.6 is 0 Å². The van der Waals surface area contributed by atoms with Crippen LogP contribution in [0.4, 0.5) is 0 Å². The lowest BCUT2D eigenvalue weighted by Crippen LogP contribution is -2.36. The second-order valence-electron chi connectivity index (χ2n) is 7.13. The van der Waals surface area contributed by atoms with Gasteiger partial charge in [0.15, 0.2) is 0 Å². The van der Waals surface area contributed by atoms with Gasteiger partial charge in [-0.05, 0) is 62.9 Å². The van der Waals surface area contributed by atoms with Crippen molar-refractivity contribution in [3.8, 4) is 0 Å². The minimum Gasteiger partial charge on any atom is -0.469 e. The van der Waals surface area contributed by atoms with Crippen molar-refractivity contribution in [2.24, 2.45) is 5.92 Å². The number of likely N-dealkylation sites (tertiary alicyclic amines) is 2. The normalized spacial score (nSPS) is 19.6. The largest absolute Gasteiger partial charge is 0.469 e. The summed E-state index contributed by atoms with van der Waals surface area (Å²) in [6, 6.07) is 8.01. The highest BCUT2D eigenvalue weighted by Gasteiger charge is 2.25. The Morgan fingerprint density at radius 3 is 2.48 bits per heavy atom. The summed E-state index contributed by atoms with van der Waals surface area (Å²) in [5.41, 5.74) is 1.96. The lowest BCUT2D eigenvalue weighted by Gasteiger charge is -2.31. The van der Waals surface area contributed by atoms with E-state index in [1.165, 1.54) is 19.1 Å². The zero-order valence-corrected chi connectivity index (χ0v) is 15.1. The third-order valence-electron chi connectivity index (χ3n) is 5.35. The number of esters is 1. The first-order valence-corrected chi connectivity index (χ1v) is 9.36.